The van der Waals surface area contributed by atoms with E-state index in [0.717, 1.165) is 0 Å². The fourth-order valence-electron chi connectivity index (χ4n) is 0.578. The lowest BCUT2D eigenvalue weighted by atomic mass is 10.3. The van der Waals surface area contributed by atoms with Gasteiger partial charge in [-0.05, 0) is 38.5 Å². The second kappa shape index (κ2) is 3.49. The van der Waals surface area contributed by atoms with E-state index in [-0.39, 0.29) is 0 Å². The van der Waals surface area contributed by atoms with Crippen molar-refractivity contribution in [2.24, 2.45) is 0 Å². The third-order valence-corrected chi connectivity index (χ3v) is 2.80. The van der Waals surface area contributed by atoms with Gasteiger partial charge in [-0.2, -0.15) is 0 Å². The van der Waals surface area contributed by atoms with E-state index in [1.165, 1.54) is 22.6 Å². The van der Waals surface area contributed by atoms with E-state index in [1.54, 1.807) is 0 Å². The van der Waals surface area contributed by atoms with Crippen LogP contribution >= 0.6 is 38.5 Å². The molecule has 0 atom stereocenters. The summed E-state index contributed by atoms with van der Waals surface area (Å²) in [7, 11) is 0. The Kier molecular flexibility index (Phi) is 2.97. The van der Waals surface area contributed by atoms with Crippen molar-refractivity contribution < 1.29 is 17.6 Å². The van der Waals surface area contributed by atoms with Crippen molar-refractivity contribution in [3.05, 3.63) is 31.3 Å². The predicted molar refractivity (Wildman–Crippen MR) is 46.7 cm³/mol. The molecule has 1 rings (SSSR count). The molecule has 0 radical (unpaired) electrons. The van der Waals surface area contributed by atoms with Crippen LogP contribution in [0.5, 0.6) is 0 Å². The quantitative estimate of drug-likeness (QED) is 0.289. The van der Waals surface area contributed by atoms with Crippen molar-refractivity contribution in [3.63, 3.8) is 0 Å². The summed E-state index contributed by atoms with van der Waals surface area (Å²) in [6.45, 7) is 0. The van der Waals surface area contributed by atoms with Crippen LogP contribution < -0.4 is 0 Å². The van der Waals surface area contributed by atoms with Crippen LogP contribution in [-0.4, -0.2) is 0 Å². The van der Waals surface area contributed by atoms with Gasteiger partial charge in [0.15, 0.2) is 23.3 Å². The van der Waals surface area contributed by atoms with Crippen LogP contribution in [0.4, 0.5) is 17.6 Å². The maximum Gasteiger partial charge on any atom is 0.177 e. The summed E-state index contributed by atoms with van der Waals surface area (Å²) in [5.74, 6) is -5.61. The first kappa shape index (κ1) is 10.2. The van der Waals surface area contributed by atoms with E-state index in [9.17, 15) is 17.6 Å². The normalized spacial score (nSPS) is 10.5. The molecule has 1 aromatic carbocycles. The first-order valence-electron chi connectivity index (χ1n) is 2.63. The Labute approximate surface area is 87.2 Å². The Balaban J connectivity index is 3.60. The molecule has 6 heteroatoms. The standard InChI is InChI=1S/C6BrF4I/c7-1-2(8)4(10)6(12)5(11)3(1)9. The SMILES string of the molecule is Fc1c(F)c(I)c(F)c(F)c1Br. The maximum absolute atomic E-state index is 12.6. The summed E-state index contributed by atoms with van der Waals surface area (Å²) < 4.78 is 48.9. The molecule has 0 bridgehead atoms. The van der Waals surface area contributed by atoms with Crippen molar-refractivity contribution in [1.29, 1.82) is 0 Å². The molecule has 0 fully saturated rings. The van der Waals surface area contributed by atoms with Gasteiger partial charge in [0.25, 0.3) is 0 Å². The number of hydrogen-bond acceptors (Lipinski definition) is 0. The number of rotatable bonds is 0. The van der Waals surface area contributed by atoms with E-state index in [4.69, 9.17) is 0 Å². The average Bonchev–Trinajstić information content (AvgIpc) is 2.08. The molecule has 0 spiro atoms. The minimum Gasteiger partial charge on any atom is -0.202 e. The van der Waals surface area contributed by atoms with Gasteiger partial charge in [-0.15, -0.1) is 0 Å². The maximum atomic E-state index is 12.6. The molecule has 12 heavy (non-hydrogen) atoms. The third kappa shape index (κ3) is 1.46. The molecular weight excluding hydrogens is 355 g/mol. The molecule has 0 unspecified atom stereocenters. The molecule has 0 saturated heterocycles. The van der Waals surface area contributed by atoms with Crippen LogP contribution in [0.1, 0.15) is 0 Å². The summed E-state index contributed by atoms with van der Waals surface area (Å²) in [5, 5.41) is 0. The van der Waals surface area contributed by atoms with Gasteiger partial charge in [0.05, 0.1) is 8.04 Å². The molecule has 0 saturated carbocycles. The van der Waals surface area contributed by atoms with Crippen molar-refractivity contribution in [2.75, 3.05) is 0 Å². The van der Waals surface area contributed by atoms with Crippen LogP contribution in [0.2, 0.25) is 0 Å². The summed E-state index contributed by atoms with van der Waals surface area (Å²) in [5.41, 5.74) is 0. The van der Waals surface area contributed by atoms with Crippen molar-refractivity contribution in [1.82, 2.24) is 0 Å². The highest BCUT2D eigenvalue weighted by Crippen LogP contribution is 2.28. The molecule has 1 aromatic rings. The lowest BCUT2D eigenvalue weighted by Gasteiger charge is -2.02. The summed E-state index contributed by atoms with van der Waals surface area (Å²) in [6.07, 6.45) is 0. The molecule has 0 aliphatic carbocycles. The Bertz CT molecular complexity index is 234. The molecule has 0 aliphatic heterocycles. The Hall–Kier alpha value is 0.150. The second-order valence-electron chi connectivity index (χ2n) is 1.88. The van der Waals surface area contributed by atoms with E-state index >= 15 is 0 Å². The molecule has 66 valence electrons. The van der Waals surface area contributed by atoms with Gasteiger partial charge in [0, 0.05) is 0 Å². The molecule has 0 nitrogen and oxygen atoms in total. The Morgan fingerprint density at radius 1 is 0.833 bits per heavy atom. The van der Waals surface area contributed by atoms with E-state index < -0.39 is 31.3 Å². The van der Waals surface area contributed by atoms with Crippen molar-refractivity contribution in [3.8, 4) is 0 Å². The van der Waals surface area contributed by atoms with Gasteiger partial charge in [-0.25, -0.2) is 17.6 Å². The third-order valence-electron chi connectivity index (χ3n) is 1.16. The molecule has 0 N–H and O–H groups in total. The van der Waals surface area contributed by atoms with Crippen LogP contribution in [0.15, 0.2) is 4.47 Å². The minimum atomic E-state index is -1.42. The number of benzene rings is 1. The van der Waals surface area contributed by atoms with Crippen molar-refractivity contribution in [2.45, 2.75) is 0 Å². The molecule has 0 aromatic heterocycles. The zero-order valence-corrected chi connectivity index (χ0v) is 9.01. The van der Waals surface area contributed by atoms with Gasteiger partial charge in [0.2, 0.25) is 0 Å². The second-order valence-corrected chi connectivity index (χ2v) is 3.76. The van der Waals surface area contributed by atoms with E-state index in [2.05, 4.69) is 15.9 Å². The Morgan fingerprint density at radius 3 is 1.50 bits per heavy atom. The lowest BCUT2D eigenvalue weighted by molar-refractivity contribution is 0.438. The van der Waals surface area contributed by atoms with Crippen molar-refractivity contribution >= 4 is 38.5 Å². The van der Waals surface area contributed by atoms with Gasteiger partial charge < -0.3 is 0 Å². The highest BCUT2D eigenvalue weighted by Gasteiger charge is 2.21. The van der Waals surface area contributed by atoms with Crippen LogP contribution in [0, 0.1) is 26.8 Å². The first-order valence-corrected chi connectivity index (χ1v) is 4.51. The smallest absolute Gasteiger partial charge is 0.177 e. The summed E-state index contributed by atoms with van der Waals surface area (Å²) >= 11 is 3.57. The van der Waals surface area contributed by atoms with Crippen LogP contribution in [0.3, 0.4) is 0 Å². The molecule has 0 heterocycles. The van der Waals surface area contributed by atoms with Gasteiger partial charge >= 0.3 is 0 Å². The lowest BCUT2D eigenvalue weighted by Crippen LogP contribution is -2.00. The number of hydrogen-bond donors (Lipinski definition) is 0. The van der Waals surface area contributed by atoms with Crippen LogP contribution in [0.25, 0.3) is 0 Å². The van der Waals surface area contributed by atoms with Gasteiger partial charge in [-0.1, -0.05) is 0 Å². The van der Waals surface area contributed by atoms with Gasteiger partial charge in [0.1, 0.15) is 0 Å². The van der Waals surface area contributed by atoms with E-state index in [0.29, 0.717) is 0 Å². The van der Waals surface area contributed by atoms with E-state index in [1.807, 2.05) is 0 Å². The Morgan fingerprint density at radius 2 is 1.17 bits per heavy atom. The predicted octanol–water partition coefficient (Wildman–Crippen LogP) is 3.61. The monoisotopic (exact) mass is 354 g/mol. The first-order chi connectivity index (χ1) is 5.46. The largest absolute Gasteiger partial charge is 0.202 e. The topological polar surface area (TPSA) is 0 Å². The fourth-order valence-corrected chi connectivity index (χ4v) is 1.40. The number of halogens is 6. The highest BCUT2D eigenvalue weighted by molar-refractivity contribution is 14.1. The van der Waals surface area contributed by atoms with Gasteiger partial charge in [-0.3, -0.25) is 0 Å². The molecule has 0 amide bonds. The zero-order chi connectivity index (χ0) is 9.46. The summed E-state index contributed by atoms with van der Waals surface area (Å²) in [4.78, 5) is 0. The molecular formula is C6BrF4I. The molecule has 0 aliphatic rings. The summed E-state index contributed by atoms with van der Waals surface area (Å²) in [6, 6.07) is 0. The minimum absolute atomic E-state index is 0.689. The van der Waals surface area contributed by atoms with Crippen LogP contribution in [-0.2, 0) is 0 Å². The highest BCUT2D eigenvalue weighted by atomic mass is 127. The zero-order valence-electron chi connectivity index (χ0n) is 5.27. The average molecular weight is 355 g/mol. The fraction of sp³-hybridized carbons (Fsp3) is 0.